The SMILES string of the molecule is CC(C)(C)c1ncc(-n2c3ccccc3c3ccccc32)cn1. The molecule has 23 heavy (non-hydrogen) atoms. The zero-order valence-corrected chi connectivity index (χ0v) is 13.6. The van der Waals surface area contributed by atoms with Crippen LogP contribution in [0.25, 0.3) is 27.5 Å². The van der Waals surface area contributed by atoms with Crippen LogP contribution in [0.1, 0.15) is 26.6 Å². The van der Waals surface area contributed by atoms with Gasteiger partial charge < -0.3 is 4.57 Å². The molecule has 0 spiro atoms. The summed E-state index contributed by atoms with van der Waals surface area (Å²) in [5.41, 5.74) is 3.32. The molecule has 0 saturated heterocycles. The largest absolute Gasteiger partial charge is 0.306 e. The second-order valence-electron chi connectivity index (χ2n) is 6.88. The summed E-state index contributed by atoms with van der Waals surface area (Å²) in [6, 6.07) is 16.9. The molecule has 0 aliphatic heterocycles. The molecule has 0 saturated carbocycles. The van der Waals surface area contributed by atoms with Gasteiger partial charge in [0.2, 0.25) is 0 Å². The number of hydrogen-bond donors (Lipinski definition) is 0. The first-order chi connectivity index (χ1) is 11.1. The summed E-state index contributed by atoms with van der Waals surface area (Å²) in [6.45, 7) is 6.38. The molecule has 0 unspecified atom stereocenters. The molecule has 2 aromatic carbocycles. The summed E-state index contributed by atoms with van der Waals surface area (Å²) in [4.78, 5) is 9.18. The van der Waals surface area contributed by atoms with E-state index >= 15 is 0 Å². The van der Waals surface area contributed by atoms with E-state index in [4.69, 9.17) is 0 Å². The maximum absolute atomic E-state index is 4.59. The number of nitrogens with zero attached hydrogens (tertiary/aromatic N) is 3. The lowest BCUT2D eigenvalue weighted by atomic mass is 9.96. The third-order valence-corrected chi connectivity index (χ3v) is 4.15. The van der Waals surface area contributed by atoms with Crippen molar-refractivity contribution in [2.75, 3.05) is 0 Å². The molecule has 0 aliphatic rings. The third-order valence-electron chi connectivity index (χ3n) is 4.15. The summed E-state index contributed by atoms with van der Waals surface area (Å²) >= 11 is 0. The number of para-hydroxylation sites is 2. The number of benzene rings is 2. The average Bonchev–Trinajstić information content (AvgIpc) is 2.89. The van der Waals surface area contributed by atoms with Gasteiger partial charge in [0.25, 0.3) is 0 Å². The fourth-order valence-electron chi connectivity index (χ4n) is 3.02. The highest BCUT2D eigenvalue weighted by molar-refractivity contribution is 6.09. The van der Waals surface area contributed by atoms with Crippen molar-refractivity contribution in [3.63, 3.8) is 0 Å². The van der Waals surface area contributed by atoms with Gasteiger partial charge in [-0.25, -0.2) is 9.97 Å². The van der Waals surface area contributed by atoms with Gasteiger partial charge in [-0.15, -0.1) is 0 Å². The van der Waals surface area contributed by atoms with Gasteiger partial charge in [0, 0.05) is 16.2 Å². The fraction of sp³-hybridized carbons (Fsp3) is 0.200. The Morgan fingerprint density at radius 1 is 0.739 bits per heavy atom. The Kier molecular flexibility index (Phi) is 2.98. The first kappa shape index (κ1) is 13.9. The molecule has 0 bridgehead atoms. The number of hydrogen-bond acceptors (Lipinski definition) is 2. The third kappa shape index (κ3) is 2.20. The highest BCUT2D eigenvalue weighted by Crippen LogP contribution is 2.31. The monoisotopic (exact) mass is 301 g/mol. The van der Waals surface area contributed by atoms with E-state index in [0.29, 0.717) is 0 Å². The van der Waals surface area contributed by atoms with Crippen LogP contribution in [0.15, 0.2) is 60.9 Å². The topological polar surface area (TPSA) is 30.7 Å². The summed E-state index contributed by atoms with van der Waals surface area (Å²) in [6.07, 6.45) is 3.85. The zero-order valence-electron chi connectivity index (χ0n) is 13.6. The molecule has 2 heterocycles. The van der Waals surface area contributed by atoms with E-state index in [9.17, 15) is 0 Å². The predicted molar refractivity (Wildman–Crippen MR) is 95.1 cm³/mol. The Morgan fingerprint density at radius 3 is 1.70 bits per heavy atom. The molecule has 2 aromatic heterocycles. The van der Waals surface area contributed by atoms with Crippen molar-refractivity contribution in [1.29, 1.82) is 0 Å². The first-order valence-electron chi connectivity index (χ1n) is 7.87. The van der Waals surface area contributed by atoms with Crippen LogP contribution < -0.4 is 0 Å². The van der Waals surface area contributed by atoms with Gasteiger partial charge in [-0.05, 0) is 12.1 Å². The van der Waals surface area contributed by atoms with E-state index in [0.717, 1.165) is 11.5 Å². The fourth-order valence-corrected chi connectivity index (χ4v) is 3.02. The van der Waals surface area contributed by atoms with Gasteiger partial charge in [0.1, 0.15) is 5.82 Å². The van der Waals surface area contributed by atoms with E-state index in [1.54, 1.807) is 0 Å². The summed E-state index contributed by atoms with van der Waals surface area (Å²) in [7, 11) is 0. The van der Waals surface area contributed by atoms with Crippen LogP contribution in [0.3, 0.4) is 0 Å². The van der Waals surface area contributed by atoms with Gasteiger partial charge in [0.05, 0.1) is 29.1 Å². The highest BCUT2D eigenvalue weighted by atomic mass is 15.0. The van der Waals surface area contributed by atoms with Crippen LogP contribution in [0.5, 0.6) is 0 Å². The molecule has 0 amide bonds. The summed E-state index contributed by atoms with van der Waals surface area (Å²) in [5, 5.41) is 2.51. The van der Waals surface area contributed by atoms with Crippen LogP contribution in [-0.2, 0) is 5.41 Å². The molecular weight excluding hydrogens is 282 g/mol. The molecular formula is C20H19N3. The Labute approximate surface area is 135 Å². The minimum Gasteiger partial charge on any atom is -0.306 e. The quantitative estimate of drug-likeness (QED) is 0.502. The molecule has 0 fully saturated rings. The van der Waals surface area contributed by atoms with E-state index in [-0.39, 0.29) is 5.41 Å². The predicted octanol–water partition coefficient (Wildman–Crippen LogP) is 4.87. The van der Waals surface area contributed by atoms with Crippen LogP contribution in [0.4, 0.5) is 0 Å². The number of fused-ring (bicyclic) bond motifs is 3. The minimum atomic E-state index is -0.0423. The smallest absolute Gasteiger partial charge is 0.133 e. The standard InChI is InChI=1S/C20H19N3/c1-20(2,3)19-21-12-14(13-22-19)23-17-10-6-4-8-15(17)16-9-5-7-11-18(16)23/h4-13H,1-3H3. The van der Waals surface area contributed by atoms with E-state index < -0.39 is 0 Å². The lowest BCUT2D eigenvalue weighted by Crippen LogP contribution is -2.16. The highest BCUT2D eigenvalue weighted by Gasteiger charge is 2.18. The normalized spacial score (nSPS) is 12.1. The Balaban J connectivity index is 2.01. The van der Waals surface area contributed by atoms with Crippen molar-refractivity contribution < 1.29 is 0 Å². The molecule has 114 valence electrons. The van der Waals surface area contributed by atoms with Crippen molar-refractivity contribution in [1.82, 2.24) is 14.5 Å². The lowest BCUT2D eigenvalue weighted by Gasteiger charge is -2.16. The zero-order chi connectivity index (χ0) is 16.0. The van der Waals surface area contributed by atoms with Crippen LogP contribution in [-0.4, -0.2) is 14.5 Å². The van der Waals surface area contributed by atoms with Gasteiger partial charge in [-0.2, -0.15) is 0 Å². The second-order valence-corrected chi connectivity index (χ2v) is 6.88. The Hall–Kier alpha value is -2.68. The molecule has 0 atom stereocenters. The lowest BCUT2D eigenvalue weighted by molar-refractivity contribution is 0.544. The van der Waals surface area contributed by atoms with Crippen LogP contribution in [0, 0.1) is 0 Å². The van der Waals surface area contributed by atoms with Gasteiger partial charge in [0.15, 0.2) is 0 Å². The van der Waals surface area contributed by atoms with Crippen molar-refractivity contribution in [2.45, 2.75) is 26.2 Å². The molecule has 0 N–H and O–H groups in total. The number of rotatable bonds is 1. The summed E-state index contributed by atoms with van der Waals surface area (Å²) < 4.78 is 2.23. The average molecular weight is 301 g/mol. The maximum Gasteiger partial charge on any atom is 0.133 e. The van der Waals surface area contributed by atoms with E-state index in [1.165, 1.54) is 21.8 Å². The summed E-state index contributed by atoms with van der Waals surface area (Å²) in [5.74, 6) is 0.863. The Morgan fingerprint density at radius 2 is 1.22 bits per heavy atom. The van der Waals surface area contributed by atoms with Crippen molar-refractivity contribution in [3.8, 4) is 5.69 Å². The molecule has 4 rings (SSSR count). The van der Waals surface area contributed by atoms with Gasteiger partial charge in [-0.1, -0.05) is 57.2 Å². The number of aromatic nitrogens is 3. The van der Waals surface area contributed by atoms with Crippen LogP contribution in [0.2, 0.25) is 0 Å². The molecule has 0 radical (unpaired) electrons. The van der Waals surface area contributed by atoms with E-state index in [1.807, 2.05) is 12.4 Å². The molecule has 3 nitrogen and oxygen atoms in total. The molecule has 3 heteroatoms. The Bertz CT molecular complexity index is 936. The van der Waals surface area contributed by atoms with Crippen molar-refractivity contribution >= 4 is 21.8 Å². The van der Waals surface area contributed by atoms with Crippen LogP contribution >= 0.6 is 0 Å². The minimum absolute atomic E-state index is 0.0423. The van der Waals surface area contributed by atoms with Crippen molar-refractivity contribution in [2.24, 2.45) is 0 Å². The second kappa shape index (κ2) is 4.92. The molecule has 4 aromatic rings. The van der Waals surface area contributed by atoms with Crippen molar-refractivity contribution in [3.05, 3.63) is 66.7 Å². The first-order valence-corrected chi connectivity index (χ1v) is 7.87. The van der Waals surface area contributed by atoms with Gasteiger partial charge >= 0.3 is 0 Å². The van der Waals surface area contributed by atoms with E-state index in [2.05, 4.69) is 83.8 Å². The molecule has 0 aliphatic carbocycles. The maximum atomic E-state index is 4.59. The van der Waals surface area contributed by atoms with Gasteiger partial charge in [-0.3, -0.25) is 0 Å².